The molecule has 1 aliphatic heterocycles. The van der Waals surface area contributed by atoms with Crippen LogP contribution in [0.2, 0.25) is 0 Å². The van der Waals surface area contributed by atoms with Crippen molar-refractivity contribution < 1.29 is 32.6 Å². The van der Waals surface area contributed by atoms with Crippen molar-refractivity contribution in [2.75, 3.05) is 13.1 Å². The molecule has 0 spiro atoms. The van der Waals surface area contributed by atoms with Gasteiger partial charge in [-0.25, -0.2) is 4.79 Å². The van der Waals surface area contributed by atoms with Gasteiger partial charge in [-0.2, -0.15) is 13.2 Å². The summed E-state index contributed by atoms with van der Waals surface area (Å²) < 4.78 is 43.7. The highest BCUT2D eigenvalue weighted by atomic mass is 19.4. The molecule has 0 unspecified atom stereocenters. The Bertz CT molecular complexity index is 389. The number of amides is 1. The SMILES string of the molecule is CC(C)(C)OC(=O)N1CC[C@@H](C(=O)O)[C@H](C(F)(F)F)C1. The molecule has 1 aliphatic rings. The summed E-state index contributed by atoms with van der Waals surface area (Å²) in [5, 5.41) is 8.85. The van der Waals surface area contributed by atoms with Gasteiger partial charge in [0.2, 0.25) is 0 Å². The van der Waals surface area contributed by atoms with E-state index in [0.29, 0.717) is 0 Å². The van der Waals surface area contributed by atoms with Gasteiger partial charge in [-0.3, -0.25) is 4.79 Å². The van der Waals surface area contributed by atoms with Gasteiger partial charge in [0, 0.05) is 13.1 Å². The molecule has 2 atom stereocenters. The van der Waals surface area contributed by atoms with E-state index < -0.39 is 42.2 Å². The second kappa shape index (κ2) is 5.49. The maximum Gasteiger partial charge on any atom is 0.410 e. The number of rotatable bonds is 1. The molecule has 5 nitrogen and oxygen atoms in total. The Hall–Kier alpha value is -1.47. The minimum absolute atomic E-state index is 0.0571. The van der Waals surface area contributed by atoms with Crippen molar-refractivity contribution in [3.05, 3.63) is 0 Å². The summed E-state index contributed by atoms with van der Waals surface area (Å²) >= 11 is 0. The molecule has 1 fully saturated rings. The molecule has 1 N–H and O–H groups in total. The highest BCUT2D eigenvalue weighted by Crippen LogP contribution is 2.37. The molecule has 0 radical (unpaired) electrons. The summed E-state index contributed by atoms with van der Waals surface area (Å²) in [6.07, 6.45) is -5.75. The van der Waals surface area contributed by atoms with Crippen molar-refractivity contribution >= 4 is 12.1 Å². The first-order valence-electron chi connectivity index (χ1n) is 6.19. The largest absolute Gasteiger partial charge is 0.481 e. The zero-order valence-corrected chi connectivity index (χ0v) is 11.5. The highest BCUT2D eigenvalue weighted by molar-refractivity contribution is 5.72. The molecule has 0 aliphatic carbocycles. The third-order valence-electron chi connectivity index (χ3n) is 3.00. The third kappa shape index (κ3) is 4.28. The third-order valence-corrected chi connectivity index (χ3v) is 3.00. The van der Waals surface area contributed by atoms with Gasteiger partial charge in [0.15, 0.2) is 0 Å². The number of carbonyl (C=O) groups is 2. The Labute approximate surface area is 114 Å². The summed E-state index contributed by atoms with van der Waals surface area (Å²) in [6.45, 7) is 4.08. The van der Waals surface area contributed by atoms with E-state index in [-0.39, 0.29) is 13.0 Å². The highest BCUT2D eigenvalue weighted by Gasteiger charge is 2.51. The van der Waals surface area contributed by atoms with Gasteiger partial charge in [-0.1, -0.05) is 0 Å². The van der Waals surface area contributed by atoms with E-state index in [2.05, 4.69) is 0 Å². The summed E-state index contributed by atoms with van der Waals surface area (Å²) in [4.78, 5) is 23.6. The van der Waals surface area contributed by atoms with Crippen molar-refractivity contribution in [2.45, 2.75) is 39.0 Å². The Morgan fingerprint density at radius 1 is 1.25 bits per heavy atom. The summed E-state index contributed by atoms with van der Waals surface area (Å²) in [6, 6.07) is 0. The van der Waals surface area contributed by atoms with Crippen LogP contribution in [0.15, 0.2) is 0 Å². The lowest BCUT2D eigenvalue weighted by molar-refractivity contribution is -0.206. The lowest BCUT2D eigenvalue weighted by Crippen LogP contribution is -2.51. The molecule has 0 bridgehead atoms. The van der Waals surface area contributed by atoms with Gasteiger partial charge in [-0.15, -0.1) is 0 Å². The Balaban J connectivity index is 2.82. The van der Waals surface area contributed by atoms with Crippen molar-refractivity contribution in [2.24, 2.45) is 11.8 Å². The number of hydrogen-bond acceptors (Lipinski definition) is 3. The smallest absolute Gasteiger partial charge is 0.410 e. The molecular formula is C12H18F3NO4. The zero-order valence-electron chi connectivity index (χ0n) is 11.5. The van der Waals surface area contributed by atoms with Crippen LogP contribution in [0.4, 0.5) is 18.0 Å². The topological polar surface area (TPSA) is 66.8 Å². The second-order valence-electron chi connectivity index (χ2n) is 5.81. The number of alkyl halides is 3. The number of carboxylic acid groups (broad SMARTS) is 1. The zero-order chi connectivity index (χ0) is 15.7. The van der Waals surface area contributed by atoms with Crippen LogP contribution in [-0.4, -0.2) is 46.9 Å². The first-order chi connectivity index (χ1) is 8.92. The predicted molar refractivity (Wildman–Crippen MR) is 63.1 cm³/mol. The fraction of sp³-hybridized carbons (Fsp3) is 0.833. The van der Waals surface area contributed by atoms with Gasteiger partial charge in [-0.05, 0) is 27.2 Å². The Morgan fingerprint density at radius 2 is 1.80 bits per heavy atom. The molecule has 0 aromatic carbocycles. The fourth-order valence-corrected chi connectivity index (χ4v) is 2.07. The average molecular weight is 297 g/mol. The van der Waals surface area contributed by atoms with Gasteiger partial charge in [0.1, 0.15) is 5.60 Å². The van der Waals surface area contributed by atoms with Gasteiger partial charge in [0.05, 0.1) is 11.8 Å². The van der Waals surface area contributed by atoms with Gasteiger partial charge < -0.3 is 14.7 Å². The number of nitrogens with zero attached hydrogens (tertiary/aromatic N) is 1. The number of piperidine rings is 1. The van der Waals surface area contributed by atoms with Crippen LogP contribution in [0.1, 0.15) is 27.2 Å². The molecule has 0 aromatic heterocycles. The van der Waals surface area contributed by atoms with E-state index in [1.165, 1.54) is 0 Å². The quantitative estimate of drug-likeness (QED) is 0.807. The molecule has 8 heteroatoms. The van der Waals surface area contributed by atoms with Crippen LogP contribution < -0.4 is 0 Å². The molecule has 20 heavy (non-hydrogen) atoms. The number of halogens is 3. The number of carboxylic acids is 1. The molecule has 1 rings (SSSR count). The van der Waals surface area contributed by atoms with Crippen LogP contribution in [0.5, 0.6) is 0 Å². The standard InChI is InChI=1S/C12H18F3NO4/c1-11(2,3)20-10(19)16-5-4-7(9(17)18)8(6-16)12(13,14)15/h7-8H,4-6H2,1-3H3,(H,17,18)/t7-,8-/m1/s1. The fourth-order valence-electron chi connectivity index (χ4n) is 2.07. The van der Waals surface area contributed by atoms with Gasteiger partial charge >= 0.3 is 18.2 Å². The number of aliphatic carboxylic acids is 1. The average Bonchev–Trinajstić information content (AvgIpc) is 2.24. The molecule has 116 valence electrons. The number of carbonyl (C=O) groups excluding carboxylic acids is 1. The van der Waals surface area contributed by atoms with E-state index in [1.807, 2.05) is 0 Å². The van der Waals surface area contributed by atoms with E-state index in [0.717, 1.165) is 4.90 Å². The molecule has 1 amide bonds. The number of hydrogen-bond donors (Lipinski definition) is 1. The Morgan fingerprint density at radius 3 is 2.20 bits per heavy atom. The van der Waals surface area contributed by atoms with Crippen molar-refractivity contribution in [3.8, 4) is 0 Å². The van der Waals surface area contributed by atoms with Crippen molar-refractivity contribution in [1.29, 1.82) is 0 Å². The predicted octanol–water partition coefficient (Wildman–Crippen LogP) is 2.51. The van der Waals surface area contributed by atoms with Crippen LogP contribution in [0.25, 0.3) is 0 Å². The van der Waals surface area contributed by atoms with Crippen LogP contribution in [0.3, 0.4) is 0 Å². The van der Waals surface area contributed by atoms with Crippen LogP contribution in [-0.2, 0) is 9.53 Å². The first-order valence-corrected chi connectivity index (χ1v) is 6.19. The monoisotopic (exact) mass is 297 g/mol. The number of ether oxygens (including phenoxy) is 1. The molecule has 0 aromatic rings. The molecule has 1 heterocycles. The maximum atomic E-state index is 12.9. The lowest BCUT2D eigenvalue weighted by Gasteiger charge is -2.38. The van der Waals surface area contributed by atoms with Gasteiger partial charge in [0.25, 0.3) is 0 Å². The lowest BCUT2D eigenvalue weighted by atomic mass is 9.85. The van der Waals surface area contributed by atoms with Crippen LogP contribution >= 0.6 is 0 Å². The maximum absolute atomic E-state index is 12.9. The normalized spacial score (nSPS) is 24.4. The minimum Gasteiger partial charge on any atom is -0.481 e. The number of likely N-dealkylation sites (tertiary alicyclic amines) is 1. The van der Waals surface area contributed by atoms with E-state index >= 15 is 0 Å². The molecular weight excluding hydrogens is 279 g/mol. The Kier molecular flexibility index (Phi) is 4.55. The van der Waals surface area contributed by atoms with Crippen molar-refractivity contribution in [3.63, 3.8) is 0 Å². The van der Waals surface area contributed by atoms with Crippen molar-refractivity contribution in [1.82, 2.24) is 4.90 Å². The van der Waals surface area contributed by atoms with Crippen LogP contribution in [0, 0.1) is 11.8 Å². The second-order valence-corrected chi connectivity index (χ2v) is 5.81. The van der Waals surface area contributed by atoms with E-state index in [4.69, 9.17) is 9.84 Å². The summed E-state index contributed by atoms with van der Waals surface area (Å²) in [5.41, 5.74) is -0.811. The van der Waals surface area contributed by atoms with E-state index in [9.17, 15) is 22.8 Å². The summed E-state index contributed by atoms with van der Waals surface area (Å²) in [7, 11) is 0. The minimum atomic E-state index is -4.66. The molecule has 1 saturated heterocycles. The van der Waals surface area contributed by atoms with E-state index in [1.54, 1.807) is 20.8 Å². The molecule has 0 saturated carbocycles. The summed E-state index contributed by atoms with van der Waals surface area (Å²) in [5.74, 6) is -5.08. The first kappa shape index (κ1) is 16.6.